The molecule has 138 valence electrons. The third-order valence-electron chi connectivity index (χ3n) is 5.06. The van der Waals surface area contributed by atoms with Crippen molar-refractivity contribution in [1.29, 1.82) is 0 Å². The Kier molecular flexibility index (Phi) is 5.11. The van der Waals surface area contributed by atoms with Gasteiger partial charge in [0.05, 0.1) is 21.3 Å². The summed E-state index contributed by atoms with van der Waals surface area (Å²) in [5.74, 6) is -0.246. The number of hydrogen-bond acceptors (Lipinski definition) is 6. The van der Waals surface area contributed by atoms with Crippen LogP contribution < -0.4 is 9.47 Å². The first kappa shape index (κ1) is 18.2. The molecule has 0 saturated carbocycles. The third-order valence-corrected chi connectivity index (χ3v) is 5.06. The number of benzene rings is 1. The van der Waals surface area contributed by atoms with E-state index < -0.39 is 17.8 Å². The van der Waals surface area contributed by atoms with Crippen molar-refractivity contribution in [3.63, 3.8) is 0 Å². The zero-order chi connectivity index (χ0) is 18.8. The SMILES string of the molecule is COC(=O)C1C(C)=NC2=C(C(=O)CCC2)[C@H]1c1ccc(OC)c(OC)c1. The predicted molar refractivity (Wildman–Crippen MR) is 96.8 cm³/mol. The van der Waals surface area contributed by atoms with E-state index in [4.69, 9.17) is 14.2 Å². The molecule has 0 N–H and O–H groups in total. The summed E-state index contributed by atoms with van der Waals surface area (Å²) in [4.78, 5) is 29.8. The summed E-state index contributed by atoms with van der Waals surface area (Å²) in [7, 11) is 4.48. The molecule has 0 saturated heterocycles. The topological polar surface area (TPSA) is 74.2 Å². The summed E-state index contributed by atoms with van der Waals surface area (Å²) in [6, 6.07) is 5.48. The standard InChI is InChI=1S/C20H23NO5/c1-11-17(20(23)26-4)18(19-13(21-11)6-5-7-14(19)22)12-8-9-15(24-2)16(10-12)25-3/h8-10,17-18H,5-7H2,1-4H3/t17?,18-/m0/s1. The summed E-state index contributed by atoms with van der Waals surface area (Å²) >= 11 is 0. The molecule has 2 atom stereocenters. The second-order valence-electron chi connectivity index (χ2n) is 6.48. The van der Waals surface area contributed by atoms with Crippen LogP contribution in [0.5, 0.6) is 11.5 Å². The Labute approximate surface area is 152 Å². The number of allylic oxidation sites excluding steroid dienone is 2. The Balaban J connectivity index is 2.19. The van der Waals surface area contributed by atoms with Crippen molar-refractivity contribution >= 4 is 17.5 Å². The Bertz CT molecular complexity index is 808. The molecular formula is C20H23NO5. The number of esters is 1. The molecule has 0 amide bonds. The number of ketones is 1. The van der Waals surface area contributed by atoms with Crippen molar-refractivity contribution in [2.75, 3.05) is 21.3 Å². The largest absolute Gasteiger partial charge is 0.493 e. The van der Waals surface area contributed by atoms with E-state index in [1.807, 2.05) is 19.1 Å². The number of rotatable bonds is 4. The van der Waals surface area contributed by atoms with E-state index in [1.165, 1.54) is 7.11 Å². The van der Waals surface area contributed by atoms with Gasteiger partial charge in [0.2, 0.25) is 0 Å². The van der Waals surface area contributed by atoms with E-state index in [9.17, 15) is 9.59 Å². The van der Waals surface area contributed by atoms with Gasteiger partial charge in [-0.2, -0.15) is 0 Å². The summed E-state index contributed by atoms with van der Waals surface area (Å²) in [6.45, 7) is 1.82. The molecule has 1 heterocycles. The molecule has 1 aliphatic carbocycles. The molecule has 0 fully saturated rings. The minimum atomic E-state index is -0.626. The number of Topliss-reactive ketones (excluding diaryl/α,β-unsaturated/α-hetero) is 1. The summed E-state index contributed by atoms with van der Waals surface area (Å²) in [6.07, 6.45) is 2.01. The van der Waals surface area contributed by atoms with E-state index >= 15 is 0 Å². The lowest BCUT2D eigenvalue weighted by Gasteiger charge is -2.34. The van der Waals surface area contributed by atoms with Crippen LogP contribution in [0.1, 0.15) is 37.7 Å². The highest BCUT2D eigenvalue weighted by atomic mass is 16.5. The van der Waals surface area contributed by atoms with Crippen molar-refractivity contribution in [3.8, 4) is 11.5 Å². The summed E-state index contributed by atoms with van der Waals surface area (Å²) < 4.78 is 15.7. The van der Waals surface area contributed by atoms with Gasteiger partial charge in [-0.15, -0.1) is 0 Å². The van der Waals surface area contributed by atoms with Gasteiger partial charge in [0, 0.05) is 29.3 Å². The quantitative estimate of drug-likeness (QED) is 0.774. The molecule has 1 aromatic rings. The maximum atomic E-state index is 12.7. The monoisotopic (exact) mass is 357 g/mol. The van der Waals surface area contributed by atoms with Crippen LogP contribution in [0.3, 0.4) is 0 Å². The lowest BCUT2D eigenvalue weighted by atomic mass is 9.71. The highest BCUT2D eigenvalue weighted by molar-refractivity contribution is 6.08. The molecule has 0 radical (unpaired) electrons. The van der Waals surface area contributed by atoms with Gasteiger partial charge in [-0.1, -0.05) is 6.07 Å². The molecule has 6 heteroatoms. The Morgan fingerprint density at radius 1 is 1.12 bits per heavy atom. The van der Waals surface area contributed by atoms with Gasteiger partial charge < -0.3 is 14.2 Å². The fourth-order valence-electron chi connectivity index (χ4n) is 3.85. The fraction of sp³-hybridized carbons (Fsp3) is 0.450. The second kappa shape index (κ2) is 7.32. The maximum absolute atomic E-state index is 12.7. The van der Waals surface area contributed by atoms with Crippen LogP contribution in [0.4, 0.5) is 0 Å². The van der Waals surface area contributed by atoms with Crippen molar-refractivity contribution in [1.82, 2.24) is 0 Å². The average molecular weight is 357 g/mol. The first-order chi connectivity index (χ1) is 12.5. The predicted octanol–water partition coefficient (Wildman–Crippen LogP) is 3.06. The molecule has 26 heavy (non-hydrogen) atoms. The third kappa shape index (κ3) is 3.00. The van der Waals surface area contributed by atoms with Gasteiger partial charge in [0.15, 0.2) is 17.3 Å². The summed E-state index contributed by atoms with van der Waals surface area (Å²) in [5.41, 5.74) is 2.91. The van der Waals surface area contributed by atoms with Gasteiger partial charge >= 0.3 is 5.97 Å². The number of carbonyl (C=O) groups excluding carboxylic acids is 2. The van der Waals surface area contributed by atoms with Gasteiger partial charge in [-0.05, 0) is 37.5 Å². The van der Waals surface area contributed by atoms with Crippen molar-refractivity contribution in [3.05, 3.63) is 35.0 Å². The molecule has 6 nitrogen and oxygen atoms in total. The number of methoxy groups -OCH3 is 3. The molecule has 0 bridgehead atoms. The van der Waals surface area contributed by atoms with Crippen LogP contribution >= 0.6 is 0 Å². The van der Waals surface area contributed by atoms with Crippen LogP contribution in [0.25, 0.3) is 0 Å². The summed E-state index contributed by atoms with van der Waals surface area (Å²) in [5, 5.41) is 0. The average Bonchev–Trinajstić information content (AvgIpc) is 2.66. The fourth-order valence-corrected chi connectivity index (χ4v) is 3.85. The Morgan fingerprint density at radius 3 is 2.50 bits per heavy atom. The van der Waals surface area contributed by atoms with Gasteiger partial charge in [0.25, 0.3) is 0 Å². The molecule has 2 aliphatic rings. The first-order valence-corrected chi connectivity index (χ1v) is 8.63. The van der Waals surface area contributed by atoms with E-state index in [1.54, 1.807) is 20.3 Å². The van der Waals surface area contributed by atoms with Crippen molar-refractivity contribution in [2.24, 2.45) is 10.9 Å². The minimum Gasteiger partial charge on any atom is -0.493 e. The zero-order valence-corrected chi connectivity index (χ0v) is 15.5. The van der Waals surface area contributed by atoms with Crippen molar-refractivity contribution < 1.29 is 23.8 Å². The normalized spacial score (nSPS) is 22.5. The molecular weight excluding hydrogens is 334 g/mol. The van der Waals surface area contributed by atoms with Crippen molar-refractivity contribution in [2.45, 2.75) is 32.1 Å². The highest BCUT2D eigenvalue weighted by Gasteiger charge is 2.43. The number of nitrogens with zero attached hydrogens (tertiary/aromatic N) is 1. The minimum absolute atomic E-state index is 0.0520. The molecule has 1 aromatic carbocycles. The Hall–Kier alpha value is -2.63. The highest BCUT2D eigenvalue weighted by Crippen LogP contribution is 2.45. The lowest BCUT2D eigenvalue weighted by molar-refractivity contribution is -0.143. The molecule has 1 aliphatic heterocycles. The number of carbonyl (C=O) groups is 2. The second-order valence-corrected chi connectivity index (χ2v) is 6.48. The van der Waals surface area contributed by atoms with E-state index in [0.717, 1.165) is 24.1 Å². The zero-order valence-electron chi connectivity index (χ0n) is 15.5. The van der Waals surface area contributed by atoms with Crippen LogP contribution in [0.15, 0.2) is 34.5 Å². The van der Waals surface area contributed by atoms with Crippen LogP contribution in [0, 0.1) is 5.92 Å². The van der Waals surface area contributed by atoms with Crippen LogP contribution in [-0.2, 0) is 14.3 Å². The van der Waals surface area contributed by atoms with E-state index in [-0.39, 0.29) is 5.78 Å². The van der Waals surface area contributed by atoms with Crippen LogP contribution in [0.2, 0.25) is 0 Å². The number of ether oxygens (including phenoxy) is 3. The lowest BCUT2D eigenvalue weighted by Crippen LogP contribution is -2.36. The number of hydrogen-bond donors (Lipinski definition) is 0. The smallest absolute Gasteiger partial charge is 0.315 e. The maximum Gasteiger partial charge on any atom is 0.315 e. The Morgan fingerprint density at radius 2 is 1.85 bits per heavy atom. The van der Waals surface area contributed by atoms with Crippen LogP contribution in [-0.4, -0.2) is 38.8 Å². The molecule has 3 rings (SSSR count). The van der Waals surface area contributed by atoms with E-state index in [0.29, 0.717) is 29.2 Å². The van der Waals surface area contributed by atoms with Gasteiger partial charge in [-0.3, -0.25) is 14.6 Å². The van der Waals surface area contributed by atoms with Gasteiger partial charge in [-0.25, -0.2) is 0 Å². The molecule has 0 spiro atoms. The van der Waals surface area contributed by atoms with E-state index in [2.05, 4.69) is 4.99 Å². The molecule has 1 unspecified atom stereocenters. The van der Waals surface area contributed by atoms with Gasteiger partial charge in [0.1, 0.15) is 5.92 Å². The first-order valence-electron chi connectivity index (χ1n) is 8.63. The molecule has 0 aromatic heterocycles. The number of aliphatic imine (C=N–C) groups is 1.